The number of anilines is 2. The number of benzene rings is 2. The molecule has 6 nitrogen and oxygen atoms in total. The highest BCUT2D eigenvalue weighted by Crippen LogP contribution is 2.38. The zero-order valence-corrected chi connectivity index (χ0v) is 19.6. The van der Waals surface area contributed by atoms with Crippen LogP contribution in [0.4, 0.5) is 10.7 Å². The van der Waals surface area contributed by atoms with E-state index in [1.807, 2.05) is 0 Å². The molecule has 0 saturated carbocycles. The van der Waals surface area contributed by atoms with Crippen molar-refractivity contribution in [3.05, 3.63) is 75.1 Å². The number of carbonyl (C=O) groups is 1. The van der Waals surface area contributed by atoms with Gasteiger partial charge < -0.3 is 5.32 Å². The van der Waals surface area contributed by atoms with Crippen LogP contribution in [0.1, 0.15) is 39.2 Å². The summed E-state index contributed by atoms with van der Waals surface area (Å²) in [6, 6.07) is 14.6. The Labute approximate surface area is 196 Å². The highest BCUT2D eigenvalue weighted by atomic mass is 35.5. The number of hydrogen-bond acceptors (Lipinski definition) is 5. The van der Waals surface area contributed by atoms with Crippen molar-refractivity contribution in [2.24, 2.45) is 0 Å². The number of sulfonamides is 1. The lowest BCUT2D eigenvalue weighted by Gasteiger charge is -2.20. The number of amides is 1. The maximum absolute atomic E-state index is 13.1. The standard InChI is InChI=1S/C23H20ClN3O3S2/c1-27(17-8-5-7-16(24)13-17)32(29,30)18-9-4-6-15(12-18)22(28)26-23-20(14-25)19-10-2-3-11-21(19)31-23/h4-9,12-13H,2-3,10-11H2,1H3,(H,26,28). The van der Waals surface area contributed by atoms with Gasteiger partial charge in [-0.1, -0.05) is 23.7 Å². The Hall–Kier alpha value is -2.86. The molecular weight excluding hydrogens is 466 g/mol. The van der Waals surface area contributed by atoms with Crippen LogP contribution in [0.3, 0.4) is 0 Å². The van der Waals surface area contributed by atoms with E-state index in [2.05, 4.69) is 11.4 Å². The predicted octanol–water partition coefficient (Wildman–Crippen LogP) is 5.23. The number of halogens is 1. The number of nitrogens with one attached hydrogen (secondary N) is 1. The fourth-order valence-electron chi connectivity index (χ4n) is 3.71. The van der Waals surface area contributed by atoms with E-state index in [1.165, 1.54) is 36.6 Å². The molecule has 164 valence electrons. The van der Waals surface area contributed by atoms with E-state index in [-0.39, 0.29) is 10.5 Å². The number of nitriles is 1. The minimum Gasteiger partial charge on any atom is -0.312 e. The van der Waals surface area contributed by atoms with Gasteiger partial charge in [0.15, 0.2) is 0 Å². The second-order valence-corrected chi connectivity index (χ2v) is 11.0. The molecule has 0 aliphatic heterocycles. The summed E-state index contributed by atoms with van der Waals surface area (Å²) in [7, 11) is -2.47. The van der Waals surface area contributed by atoms with Crippen LogP contribution < -0.4 is 9.62 Å². The van der Waals surface area contributed by atoms with Gasteiger partial charge in [-0.25, -0.2) is 8.42 Å². The van der Waals surface area contributed by atoms with E-state index in [0.29, 0.717) is 21.3 Å². The summed E-state index contributed by atoms with van der Waals surface area (Å²) < 4.78 is 27.4. The van der Waals surface area contributed by atoms with Gasteiger partial charge in [-0.05, 0) is 67.6 Å². The van der Waals surface area contributed by atoms with Crippen LogP contribution in [0.5, 0.6) is 0 Å². The molecule has 9 heteroatoms. The summed E-state index contributed by atoms with van der Waals surface area (Å²) in [5.41, 5.74) is 2.15. The molecule has 32 heavy (non-hydrogen) atoms. The third kappa shape index (κ3) is 4.24. The molecule has 0 unspecified atom stereocenters. The Morgan fingerprint density at radius 1 is 1.16 bits per heavy atom. The van der Waals surface area contributed by atoms with Crippen molar-refractivity contribution in [2.45, 2.75) is 30.6 Å². The van der Waals surface area contributed by atoms with Gasteiger partial charge in [-0.3, -0.25) is 9.10 Å². The van der Waals surface area contributed by atoms with Gasteiger partial charge in [0.1, 0.15) is 11.1 Å². The zero-order chi connectivity index (χ0) is 22.9. The number of aryl methyl sites for hydroxylation is 1. The number of carbonyl (C=O) groups excluding carboxylic acids is 1. The summed E-state index contributed by atoms with van der Waals surface area (Å²) in [6.45, 7) is 0. The minimum absolute atomic E-state index is 0.0152. The van der Waals surface area contributed by atoms with Crippen LogP contribution in [-0.4, -0.2) is 21.4 Å². The molecule has 0 radical (unpaired) electrons. The lowest BCUT2D eigenvalue weighted by Crippen LogP contribution is -2.26. The van der Waals surface area contributed by atoms with Crippen molar-refractivity contribution in [1.82, 2.24) is 0 Å². The number of fused-ring (bicyclic) bond motifs is 1. The molecule has 4 rings (SSSR count). The molecule has 0 atom stereocenters. The zero-order valence-electron chi connectivity index (χ0n) is 17.3. The predicted molar refractivity (Wildman–Crippen MR) is 127 cm³/mol. The van der Waals surface area contributed by atoms with E-state index in [0.717, 1.165) is 40.4 Å². The second kappa shape index (κ2) is 8.94. The maximum atomic E-state index is 13.1. The third-order valence-corrected chi connectivity index (χ3v) is 8.66. The first-order valence-corrected chi connectivity index (χ1v) is 12.7. The third-order valence-electron chi connectivity index (χ3n) is 5.44. The molecular formula is C23H20ClN3O3S2. The molecule has 0 fully saturated rings. The van der Waals surface area contributed by atoms with Gasteiger partial charge in [0.05, 0.1) is 16.1 Å². The van der Waals surface area contributed by atoms with Crippen molar-refractivity contribution in [3.8, 4) is 6.07 Å². The molecule has 0 saturated heterocycles. The molecule has 3 aromatic rings. The van der Waals surface area contributed by atoms with Gasteiger partial charge in [-0.2, -0.15) is 5.26 Å². The maximum Gasteiger partial charge on any atom is 0.264 e. The van der Waals surface area contributed by atoms with Crippen molar-refractivity contribution in [3.63, 3.8) is 0 Å². The molecule has 1 aliphatic carbocycles. The molecule has 1 aromatic heterocycles. The monoisotopic (exact) mass is 485 g/mol. The minimum atomic E-state index is -3.91. The first kappa shape index (κ1) is 22.3. The fraction of sp³-hybridized carbons (Fsp3) is 0.217. The lowest BCUT2D eigenvalue weighted by molar-refractivity contribution is 0.102. The van der Waals surface area contributed by atoms with Crippen molar-refractivity contribution < 1.29 is 13.2 Å². The fourth-order valence-corrected chi connectivity index (χ4v) is 6.37. The van der Waals surface area contributed by atoms with Crippen LogP contribution in [-0.2, 0) is 22.9 Å². The SMILES string of the molecule is CN(c1cccc(Cl)c1)S(=O)(=O)c1cccc(C(=O)Nc2sc3c(c2C#N)CCCC3)c1. The van der Waals surface area contributed by atoms with E-state index < -0.39 is 15.9 Å². The topological polar surface area (TPSA) is 90.3 Å². The van der Waals surface area contributed by atoms with E-state index >= 15 is 0 Å². The van der Waals surface area contributed by atoms with Gasteiger partial charge in [-0.15, -0.1) is 11.3 Å². The Morgan fingerprint density at radius 2 is 1.91 bits per heavy atom. The van der Waals surface area contributed by atoms with Gasteiger partial charge in [0.25, 0.3) is 15.9 Å². The lowest BCUT2D eigenvalue weighted by atomic mass is 9.96. The smallest absolute Gasteiger partial charge is 0.264 e. The number of nitrogens with zero attached hydrogens (tertiary/aromatic N) is 2. The van der Waals surface area contributed by atoms with Crippen LogP contribution in [0.15, 0.2) is 53.4 Å². The summed E-state index contributed by atoms with van der Waals surface area (Å²) in [5, 5.41) is 13.4. The van der Waals surface area contributed by atoms with E-state index in [4.69, 9.17) is 11.6 Å². The average Bonchev–Trinajstić information content (AvgIpc) is 3.15. The van der Waals surface area contributed by atoms with Crippen molar-refractivity contribution in [2.75, 3.05) is 16.7 Å². The van der Waals surface area contributed by atoms with Gasteiger partial charge in [0, 0.05) is 22.5 Å². The Morgan fingerprint density at radius 3 is 2.66 bits per heavy atom. The highest BCUT2D eigenvalue weighted by molar-refractivity contribution is 7.92. The largest absolute Gasteiger partial charge is 0.312 e. The Bertz CT molecular complexity index is 1340. The number of rotatable bonds is 5. The quantitative estimate of drug-likeness (QED) is 0.535. The first-order chi connectivity index (χ1) is 15.3. The Kier molecular flexibility index (Phi) is 6.24. The molecule has 1 amide bonds. The van der Waals surface area contributed by atoms with E-state index in [9.17, 15) is 18.5 Å². The van der Waals surface area contributed by atoms with Gasteiger partial charge >= 0.3 is 0 Å². The first-order valence-electron chi connectivity index (χ1n) is 10.0. The van der Waals surface area contributed by atoms with Crippen LogP contribution in [0.2, 0.25) is 5.02 Å². The summed E-state index contributed by atoms with van der Waals surface area (Å²) in [6.07, 6.45) is 3.86. The molecule has 2 aromatic carbocycles. The summed E-state index contributed by atoms with van der Waals surface area (Å²) >= 11 is 7.42. The summed E-state index contributed by atoms with van der Waals surface area (Å²) in [4.78, 5) is 14.0. The van der Waals surface area contributed by atoms with Crippen LogP contribution in [0, 0.1) is 11.3 Å². The number of hydrogen-bond donors (Lipinski definition) is 1. The molecule has 1 N–H and O–H groups in total. The normalized spacial score (nSPS) is 13.2. The highest BCUT2D eigenvalue weighted by Gasteiger charge is 2.25. The number of thiophene rings is 1. The summed E-state index contributed by atoms with van der Waals surface area (Å²) in [5.74, 6) is -0.456. The van der Waals surface area contributed by atoms with Gasteiger partial charge in [0.2, 0.25) is 0 Å². The molecule has 0 bridgehead atoms. The van der Waals surface area contributed by atoms with E-state index in [1.54, 1.807) is 30.3 Å². The Balaban J connectivity index is 1.61. The van der Waals surface area contributed by atoms with Crippen molar-refractivity contribution in [1.29, 1.82) is 5.26 Å². The average molecular weight is 486 g/mol. The van der Waals surface area contributed by atoms with Crippen molar-refractivity contribution >= 4 is 49.6 Å². The molecule has 1 aliphatic rings. The molecule has 0 spiro atoms. The molecule has 1 heterocycles. The van der Waals surface area contributed by atoms with Crippen LogP contribution in [0.25, 0.3) is 0 Å². The van der Waals surface area contributed by atoms with Crippen LogP contribution >= 0.6 is 22.9 Å². The second-order valence-electron chi connectivity index (χ2n) is 7.46.